The van der Waals surface area contributed by atoms with Crippen molar-refractivity contribution >= 4 is 15.9 Å². The van der Waals surface area contributed by atoms with Crippen molar-refractivity contribution in [1.82, 2.24) is 0 Å². The van der Waals surface area contributed by atoms with E-state index < -0.39 is 0 Å². The van der Waals surface area contributed by atoms with Gasteiger partial charge in [-0.2, -0.15) is 0 Å². The van der Waals surface area contributed by atoms with Crippen LogP contribution in [-0.2, 0) is 6.42 Å². The molecular formula is C11H16BrNO. The number of ether oxygens (including phenoxy) is 1. The second kappa shape index (κ2) is 6.85. The third-order valence-corrected chi connectivity index (χ3v) is 2.28. The molecule has 0 atom stereocenters. The van der Waals surface area contributed by atoms with Gasteiger partial charge in [0.1, 0.15) is 5.75 Å². The van der Waals surface area contributed by atoms with Gasteiger partial charge in [-0.25, -0.2) is 0 Å². The van der Waals surface area contributed by atoms with Crippen molar-refractivity contribution in [1.29, 1.82) is 0 Å². The summed E-state index contributed by atoms with van der Waals surface area (Å²) in [6.07, 6.45) is 2.00. The highest BCUT2D eigenvalue weighted by Crippen LogP contribution is 2.19. The van der Waals surface area contributed by atoms with Crippen LogP contribution >= 0.6 is 15.9 Å². The number of para-hydroxylation sites is 1. The number of alkyl halides is 1. The minimum Gasteiger partial charge on any atom is -0.492 e. The van der Waals surface area contributed by atoms with Gasteiger partial charge in [-0.3, -0.25) is 0 Å². The lowest BCUT2D eigenvalue weighted by Gasteiger charge is -2.09. The predicted octanol–water partition coefficient (Wildman–Crippen LogP) is 2.35. The van der Waals surface area contributed by atoms with Crippen LogP contribution < -0.4 is 10.5 Å². The van der Waals surface area contributed by atoms with E-state index in [0.29, 0.717) is 6.61 Å². The molecule has 0 radical (unpaired) electrons. The Morgan fingerprint density at radius 3 is 2.79 bits per heavy atom. The molecule has 0 saturated carbocycles. The van der Waals surface area contributed by atoms with Crippen LogP contribution in [-0.4, -0.2) is 18.5 Å². The van der Waals surface area contributed by atoms with Gasteiger partial charge >= 0.3 is 0 Å². The molecule has 78 valence electrons. The normalized spacial score (nSPS) is 10.1. The van der Waals surface area contributed by atoms with E-state index in [1.807, 2.05) is 18.2 Å². The van der Waals surface area contributed by atoms with E-state index in [-0.39, 0.29) is 0 Å². The molecule has 1 aromatic carbocycles. The zero-order chi connectivity index (χ0) is 10.2. The summed E-state index contributed by atoms with van der Waals surface area (Å²) in [7, 11) is 0. The van der Waals surface area contributed by atoms with E-state index in [0.717, 1.165) is 30.5 Å². The molecular weight excluding hydrogens is 242 g/mol. The first kappa shape index (κ1) is 11.5. The molecule has 0 heterocycles. The Morgan fingerprint density at radius 2 is 2.07 bits per heavy atom. The zero-order valence-corrected chi connectivity index (χ0v) is 9.79. The molecule has 0 bridgehead atoms. The third-order valence-electron chi connectivity index (χ3n) is 1.96. The SMILES string of the molecule is NCCCc1ccccc1OCCBr. The average molecular weight is 258 g/mol. The van der Waals surface area contributed by atoms with E-state index in [1.165, 1.54) is 5.56 Å². The van der Waals surface area contributed by atoms with Gasteiger partial charge in [0, 0.05) is 5.33 Å². The number of benzene rings is 1. The van der Waals surface area contributed by atoms with Crippen molar-refractivity contribution in [2.75, 3.05) is 18.5 Å². The minimum absolute atomic E-state index is 0.708. The number of aryl methyl sites for hydroxylation is 1. The van der Waals surface area contributed by atoms with Crippen LogP contribution in [0.15, 0.2) is 24.3 Å². The first-order chi connectivity index (χ1) is 6.88. The van der Waals surface area contributed by atoms with Crippen LogP contribution in [0.25, 0.3) is 0 Å². The Hall–Kier alpha value is -0.540. The minimum atomic E-state index is 0.708. The summed E-state index contributed by atoms with van der Waals surface area (Å²) in [5.74, 6) is 0.986. The lowest BCUT2D eigenvalue weighted by molar-refractivity contribution is 0.341. The summed E-state index contributed by atoms with van der Waals surface area (Å²) in [5.41, 5.74) is 6.73. The Labute approximate surface area is 93.6 Å². The van der Waals surface area contributed by atoms with Crippen LogP contribution in [0.1, 0.15) is 12.0 Å². The number of nitrogens with two attached hydrogens (primary N) is 1. The van der Waals surface area contributed by atoms with Gasteiger partial charge in [0.25, 0.3) is 0 Å². The maximum absolute atomic E-state index is 5.60. The maximum atomic E-state index is 5.60. The standard InChI is InChI=1S/C11H16BrNO/c12-7-9-14-11-6-2-1-4-10(11)5-3-8-13/h1-2,4,6H,3,5,7-9,13H2. The molecule has 2 N–H and O–H groups in total. The Kier molecular flexibility index (Phi) is 5.64. The lowest BCUT2D eigenvalue weighted by Crippen LogP contribution is -2.04. The quantitative estimate of drug-likeness (QED) is 0.795. The van der Waals surface area contributed by atoms with Gasteiger partial charge in [-0.15, -0.1) is 0 Å². The Balaban J connectivity index is 2.60. The van der Waals surface area contributed by atoms with Gasteiger partial charge in [-0.1, -0.05) is 34.1 Å². The molecule has 14 heavy (non-hydrogen) atoms. The summed E-state index contributed by atoms with van der Waals surface area (Å²) in [4.78, 5) is 0. The fourth-order valence-electron chi connectivity index (χ4n) is 1.29. The van der Waals surface area contributed by atoms with Gasteiger partial charge in [0.05, 0.1) is 6.61 Å². The fourth-order valence-corrected chi connectivity index (χ4v) is 1.45. The van der Waals surface area contributed by atoms with Gasteiger partial charge < -0.3 is 10.5 Å². The molecule has 0 aliphatic carbocycles. The van der Waals surface area contributed by atoms with Crippen molar-refractivity contribution in [2.24, 2.45) is 5.73 Å². The highest BCUT2D eigenvalue weighted by atomic mass is 79.9. The highest BCUT2D eigenvalue weighted by molar-refractivity contribution is 9.09. The van der Waals surface area contributed by atoms with Crippen LogP contribution in [0.3, 0.4) is 0 Å². The molecule has 1 rings (SSSR count). The maximum Gasteiger partial charge on any atom is 0.122 e. The van der Waals surface area contributed by atoms with Crippen LogP contribution in [0.5, 0.6) is 5.75 Å². The first-order valence-electron chi connectivity index (χ1n) is 4.85. The van der Waals surface area contributed by atoms with E-state index >= 15 is 0 Å². The van der Waals surface area contributed by atoms with Gasteiger partial charge in [0.15, 0.2) is 0 Å². The summed E-state index contributed by atoms with van der Waals surface area (Å²) in [6.45, 7) is 1.44. The van der Waals surface area contributed by atoms with Gasteiger partial charge in [0.2, 0.25) is 0 Å². The monoisotopic (exact) mass is 257 g/mol. The molecule has 0 amide bonds. The van der Waals surface area contributed by atoms with Crippen molar-refractivity contribution in [3.05, 3.63) is 29.8 Å². The summed E-state index contributed by atoms with van der Waals surface area (Å²) < 4.78 is 5.60. The largest absolute Gasteiger partial charge is 0.492 e. The molecule has 3 heteroatoms. The molecule has 0 aliphatic rings. The highest BCUT2D eigenvalue weighted by Gasteiger charge is 2.01. The van der Waals surface area contributed by atoms with Crippen molar-refractivity contribution in [3.63, 3.8) is 0 Å². The Morgan fingerprint density at radius 1 is 1.29 bits per heavy atom. The van der Waals surface area contributed by atoms with Crippen LogP contribution in [0, 0.1) is 0 Å². The van der Waals surface area contributed by atoms with Crippen LogP contribution in [0.2, 0.25) is 0 Å². The van der Waals surface area contributed by atoms with E-state index in [2.05, 4.69) is 22.0 Å². The molecule has 0 spiro atoms. The molecule has 0 fully saturated rings. The Bertz CT molecular complexity index is 238. The van der Waals surface area contributed by atoms with E-state index in [1.54, 1.807) is 0 Å². The van der Waals surface area contributed by atoms with Crippen molar-refractivity contribution in [3.8, 4) is 5.75 Å². The molecule has 2 nitrogen and oxygen atoms in total. The topological polar surface area (TPSA) is 35.2 Å². The summed E-state index contributed by atoms with van der Waals surface area (Å²) in [5, 5.41) is 0.859. The second-order valence-corrected chi connectivity index (χ2v) is 3.83. The van der Waals surface area contributed by atoms with Crippen LogP contribution in [0.4, 0.5) is 0 Å². The average Bonchev–Trinajstić information content (AvgIpc) is 2.24. The number of hydrogen-bond donors (Lipinski definition) is 1. The molecule has 0 aliphatic heterocycles. The predicted molar refractivity (Wildman–Crippen MR) is 63.1 cm³/mol. The van der Waals surface area contributed by atoms with E-state index in [9.17, 15) is 0 Å². The smallest absolute Gasteiger partial charge is 0.122 e. The zero-order valence-electron chi connectivity index (χ0n) is 8.21. The number of halogens is 1. The number of hydrogen-bond acceptors (Lipinski definition) is 2. The molecule has 1 aromatic rings. The molecule has 0 unspecified atom stereocenters. The second-order valence-electron chi connectivity index (χ2n) is 3.04. The van der Waals surface area contributed by atoms with Gasteiger partial charge in [-0.05, 0) is 31.0 Å². The molecule has 0 aromatic heterocycles. The molecule has 0 saturated heterocycles. The first-order valence-corrected chi connectivity index (χ1v) is 5.97. The number of rotatable bonds is 6. The van der Waals surface area contributed by atoms with E-state index in [4.69, 9.17) is 10.5 Å². The fraction of sp³-hybridized carbons (Fsp3) is 0.455. The summed E-state index contributed by atoms with van der Waals surface area (Å²) in [6, 6.07) is 8.14. The summed E-state index contributed by atoms with van der Waals surface area (Å²) >= 11 is 3.34. The lowest BCUT2D eigenvalue weighted by atomic mass is 10.1. The van der Waals surface area contributed by atoms with Crippen molar-refractivity contribution in [2.45, 2.75) is 12.8 Å². The third kappa shape index (κ3) is 3.68. The van der Waals surface area contributed by atoms with Crippen molar-refractivity contribution < 1.29 is 4.74 Å².